The van der Waals surface area contributed by atoms with Crippen LogP contribution >= 0.6 is 11.8 Å². The number of rotatable bonds is 6. The number of nitrogens with zero attached hydrogens (tertiary/aromatic N) is 1. The second-order valence-electron chi connectivity index (χ2n) is 6.12. The fourth-order valence-corrected chi connectivity index (χ4v) is 3.73. The van der Waals surface area contributed by atoms with Crippen LogP contribution in [0.5, 0.6) is 0 Å². The van der Waals surface area contributed by atoms with Gasteiger partial charge in [-0.1, -0.05) is 30.3 Å². The molecule has 3 heteroatoms. The third-order valence-corrected chi connectivity index (χ3v) is 5.31. The Hall–Kier alpha value is -0.510. The highest BCUT2D eigenvalue weighted by Crippen LogP contribution is 2.36. The Kier molecular flexibility index (Phi) is 5.03. The van der Waals surface area contributed by atoms with Crippen LogP contribution in [0.25, 0.3) is 0 Å². The molecular formula is C17H26N2S. The quantitative estimate of drug-likeness (QED) is 0.810. The van der Waals surface area contributed by atoms with E-state index in [1.54, 1.807) is 0 Å². The summed E-state index contributed by atoms with van der Waals surface area (Å²) in [6.07, 6.45) is 6.39. The molecule has 1 aromatic rings. The molecule has 0 spiro atoms. The van der Waals surface area contributed by atoms with Crippen LogP contribution < -0.4 is 5.32 Å². The van der Waals surface area contributed by atoms with Crippen molar-refractivity contribution in [2.24, 2.45) is 5.92 Å². The lowest BCUT2D eigenvalue weighted by molar-refractivity contribution is 0.123. The van der Waals surface area contributed by atoms with Gasteiger partial charge in [-0.3, -0.25) is 4.90 Å². The van der Waals surface area contributed by atoms with E-state index in [9.17, 15) is 0 Å². The van der Waals surface area contributed by atoms with Crippen molar-refractivity contribution in [1.29, 1.82) is 0 Å². The first-order chi connectivity index (χ1) is 9.88. The maximum Gasteiger partial charge on any atom is 0.0473 e. The van der Waals surface area contributed by atoms with Crippen molar-refractivity contribution in [3.63, 3.8) is 0 Å². The molecule has 2 nitrogen and oxygen atoms in total. The van der Waals surface area contributed by atoms with Gasteiger partial charge in [0.2, 0.25) is 0 Å². The van der Waals surface area contributed by atoms with Crippen molar-refractivity contribution in [2.75, 3.05) is 31.6 Å². The molecular weight excluding hydrogens is 264 g/mol. The van der Waals surface area contributed by atoms with Gasteiger partial charge in [0.05, 0.1) is 0 Å². The van der Waals surface area contributed by atoms with Crippen LogP contribution in [0, 0.1) is 5.92 Å². The van der Waals surface area contributed by atoms with E-state index in [2.05, 4.69) is 46.8 Å². The molecule has 0 bridgehead atoms. The molecule has 110 valence electrons. The third-order valence-electron chi connectivity index (χ3n) is 4.61. The van der Waals surface area contributed by atoms with E-state index >= 15 is 0 Å². The van der Waals surface area contributed by atoms with Crippen LogP contribution in [0.3, 0.4) is 0 Å². The standard InChI is InChI=1S/C17H26N2S/c1-20-11-5-10-19-13-16(14-8-9-14)18-12-17(19)15-6-3-2-4-7-15/h2-4,6-7,14,16-18H,5,8-13H2,1H3. The average Bonchev–Trinajstić information content (AvgIpc) is 3.33. The van der Waals surface area contributed by atoms with Gasteiger partial charge in [-0.2, -0.15) is 11.8 Å². The number of benzene rings is 1. The average molecular weight is 290 g/mol. The van der Waals surface area contributed by atoms with E-state index in [4.69, 9.17) is 0 Å². The summed E-state index contributed by atoms with van der Waals surface area (Å²) in [5.41, 5.74) is 1.47. The molecule has 1 N–H and O–H groups in total. The zero-order chi connectivity index (χ0) is 13.8. The van der Waals surface area contributed by atoms with Crippen molar-refractivity contribution < 1.29 is 0 Å². The van der Waals surface area contributed by atoms with E-state index in [1.165, 1.54) is 43.7 Å². The Morgan fingerprint density at radius 1 is 1.25 bits per heavy atom. The van der Waals surface area contributed by atoms with E-state index in [0.717, 1.165) is 18.5 Å². The number of piperazine rings is 1. The number of hydrogen-bond acceptors (Lipinski definition) is 3. The Morgan fingerprint density at radius 3 is 2.75 bits per heavy atom. The monoisotopic (exact) mass is 290 g/mol. The van der Waals surface area contributed by atoms with E-state index in [1.807, 2.05) is 11.8 Å². The Morgan fingerprint density at radius 2 is 2.05 bits per heavy atom. The maximum atomic E-state index is 3.80. The lowest BCUT2D eigenvalue weighted by Gasteiger charge is -2.41. The van der Waals surface area contributed by atoms with Gasteiger partial charge in [0.25, 0.3) is 0 Å². The van der Waals surface area contributed by atoms with Gasteiger partial charge in [-0.25, -0.2) is 0 Å². The Bertz CT molecular complexity index is 405. The molecule has 3 rings (SSSR count). The Balaban J connectivity index is 1.66. The number of nitrogens with one attached hydrogen (secondary N) is 1. The van der Waals surface area contributed by atoms with Crippen LogP contribution in [0.2, 0.25) is 0 Å². The number of thioether (sulfide) groups is 1. The SMILES string of the molecule is CSCCCN1CC(C2CC2)NCC1c1ccccc1. The molecule has 1 heterocycles. The normalized spacial score (nSPS) is 27.6. The van der Waals surface area contributed by atoms with Crippen LogP contribution in [-0.2, 0) is 0 Å². The van der Waals surface area contributed by atoms with Crippen LogP contribution in [0.15, 0.2) is 30.3 Å². The lowest BCUT2D eigenvalue weighted by Crippen LogP contribution is -2.53. The smallest absolute Gasteiger partial charge is 0.0473 e. The molecule has 1 aliphatic carbocycles. The molecule has 0 aromatic heterocycles. The van der Waals surface area contributed by atoms with Crippen LogP contribution in [-0.4, -0.2) is 42.6 Å². The first-order valence-electron chi connectivity index (χ1n) is 7.90. The topological polar surface area (TPSA) is 15.3 Å². The van der Waals surface area contributed by atoms with Gasteiger partial charge in [-0.05, 0) is 49.3 Å². The molecule has 20 heavy (non-hydrogen) atoms. The largest absolute Gasteiger partial charge is 0.311 e. The number of hydrogen-bond donors (Lipinski definition) is 1. The summed E-state index contributed by atoms with van der Waals surface area (Å²) < 4.78 is 0. The molecule has 0 amide bonds. The first-order valence-corrected chi connectivity index (χ1v) is 9.29. The molecule has 0 radical (unpaired) electrons. The molecule has 1 saturated carbocycles. The zero-order valence-electron chi connectivity index (χ0n) is 12.4. The van der Waals surface area contributed by atoms with E-state index in [0.29, 0.717) is 6.04 Å². The van der Waals surface area contributed by atoms with E-state index < -0.39 is 0 Å². The van der Waals surface area contributed by atoms with Crippen LogP contribution in [0.1, 0.15) is 30.9 Å². The summed E-state index contributed by atoms with van der Waals surface area (Å²) in [5.74, 6) is 2.23. The zero-order valence-corrected chi connectivity index (χ0v) is 13.2. The first kappa shape index (κ1) is 14.4. The molecule has 2 aliphatic rings. The lowest BCUT2D eigenvalue weighted by atomic mass is 9.99. The van der Waals surface area contributed by atoms with Gasteiger partial charge in [0.15, 0.2) is 0 Å². The maximum absolute atomic E-state index is 3.80. The summed E-state index contributed by atoms with van der Waals surface area (Å²) in [5, 5.41) is 3.80. The molecule has 2 fully saturated rings. The van der Waals surface area contributed by atoms with Gasteiger partial charge < -0.3 is 5.32 Å². The van der Waals surface area contributed by atoms with Crippen molar-refractivity contribution in [2.45, 2.75) is 31.3 Å². The van der Waals surface area contributed by atoms with Crippen molar-refractivity contribution >= 4 is 11.8 Å². The second kappa shape index (κ2) is 6.97. The molecule has 2 unspecified atom stereocenters. The predicted octanol–water partition coefficient (Wildman–Crippen LogP) is 3.16. The van der Waals surface area contributed by atoms with Crippen LogP contribution in [0.4, 0.5) is 0 Å². The van der Waals surface area contributed by atoms with Gasteiger partial charge >= 0.3 is 0 Å². The highest BCUT2D eigenvalue weighted by Gasteiger charge is 2.37. The van der Waals surface area contributed by atoms with Gasteiger partial charge in [-0.15, -0.1) is 0 Å². The second-order valence-corrected chi connectivity index (χ2v) is 7.11. The highest BCUT2D eigenvalue weighted by atomic mass is 32.2. The third kappa shape index (κ3) is 3.57. The van der Waals surface area contributed by atoms with Crippen molar-refractivity contribution in [3.05, 3.63) is 35.9 Å². The summed E-state index contributed by atoms with van der Waals surface area (Å²) in [6.45, 7) is 3.59. The van der Waals surface area contributed by atoms with Gasteiger partial charge in [0.1, 0.15) is 0 Å². The summed E-state index contributed by atoms with van der Waals surface area (Å²) in [4.78, 5) is 2.73. The fraction of sp³-hybridized carbons (Fsp3) is 0.647. The minimum Gasteiger partial charge on any atom is -0.311 e. The predicted molar refractivity (Wildman–Crippen MR) is 88.3 cm³/mol. The van der Waals surface area contributed by atoms with E-state index in [-0.39, 0.29) is 0 Å². The summed E-state index contributed by atoms with van der Waals surface area (Å²) in [6, 6.07) is 12.3. The molecule has 1 aromatic carbocycles. The minimum absolute atomic E-state index is 0.563. The minimum atomic E-state index is 0.563. The molecule has 1 saturated heterocycles. The van der Waals surface area contributed by atoms with Gasteiger partial charge in [0, 0.05) is 25.2 Å². The molecule has 1 aliphatic heterocycles. The fourth-order valence-electron chi connectivity index (χ4n) is 3.31. The molecule has 2 atom stereocenters. The highest BCUT2D eigenvalue weighted by molar-refractivity contribution is 7.98. The summed E-state index contributed by atoms with van der Waals surface area (Å²) in [7, 11) is 0. The Labute approximate surface area is 127 Å². The summed E-state index contributed by atoms with van der Waals surface area (Å²) >= 11 is 1.96. The van der Waals surface area contributed by atoms with Crippen molar-refractivity contribution in [1.82, 2.24) is 10.2 Å². The van der Waals surface area contributed by atoms with Crippen molar-refractivity contribution in [3.8, 4) is 0 Å².